The number of nitrogens with zero attached hydrogens (tertiary/aromatic N) is 1. The summed E-state index contributed by atoms with van der Waals surface area (Å²) in [5.41, 5.74) is 1.64. The molecule has 1 aliphatic heterocycles. The molecule has 0 aromatic heterocycles. The quantitative estimate of drug-likeness (QED) is 0.706. The zero-order chi connectivity index (χ0) is 10.7. The molecule has 1 aliphatic rings. The highest BCUT2D eigenvalue weighted by atomic mass is 16.5. The van der Waals surface area contributed by atoms with Crippen molar-refractivity contribution >= 4 is 0 Å². The molecule has 0 aliphatic carbocycles. The first-order chi connectivity index (χ1) is 6.61. The van der Waals surface area contributed by atoms with Crippen molar-refractivity contribution in [3.8, 4) is 0 Å². The minimum atomic E-state index is 0.0601. The van der Waals surface area contributed by atoms with Crippen molar-refractivity contribution in [1.29, 1.82) is 0 Å². The first kappa shape index (κ1) is 10.9. The second-order valence-corrected chi connectivity index (χ2v) is 3.52. The summed E-state index contributed by atoms with van der Waals surface area (Å²) >= 11 is 0. The van der Waals surface area contributed by atoms with Gasteiger partial charge >= 0.3 is 0 Å². The van der Waals surface area contributed by atoms with Crippen LogP contribution >= 0.6 is 0 Å². The third kappa shape index (κ3) is 1.82. The van der Waals surface area contributed by atoms with Crippen LogP contribution in [0.15, 0.2) is 36.2 Å². The zero-order valence-electron chi connectivity index (χ0n) is 8.99. The third-order valence-corrected chi connectivity index (χ3v) is 2.54. The van der Waals surface area contributed by atoms with Gasteiger partial charge in [-0.05, 0) is 32.9 Å². The van der Waals surface area contributed by atoms with Gasteiger partial charge in [-0.25, -0.2) is 0 Å². The Balaban J connectivity index is 3.07. The Labute approximate surface area is 85.4 Å². The van der Waals surface area contributed by atoms with E-state index in [1.807, 2.05) is 32.9 Å². The molecule has 2 unspecified atom stereocenters. The second kappa shape index (κ2) is 4.33. The fraction of sp³-hybridized carbons (Fsp3) is 0.455. The first-order valence-electron chi connectivity index (χ1n) is 4.85. The fourth-order valence-electron chi connectivity index (χ4n) is 1.48. The number of rotatable bonds is 2. The second-order valence-electron chi connectivity index (χ2n) is 3.52. The summed E-state index contributed by atoms with van der Waals surface area (Å²) in [7, 11) is 0. The molecular weight excluding hydrogens is 176 g/mol. The normalized spacial score (nSPS) is 28.1. The Morgan fingerprint density at radius 1 is 1.50 bits per heavy atom. The molecule has 1 heterocycles. The predicted octanol–water partition coefficient (Wildman–Crippen LogP) is 2.03. The molecule has 0 bridgehead atoms. The summed E-state index contributed by atoms with van der Waals surface area (Å²) in [4.78, 5) is 0. The minimum Gasteiger partial charge on any atom is -0.379 e. The van der Waals surface area contributed by atoms with Crippen molar-refractivity contribution in [2.24, 2.45) is 0 Å². The minimum absolute atomic E-state index is 0.0601. The molecule has 14 heavy (non-hydrogen) atoms. The molecule has 2 atom stereocenters. The molecule has 0 amide bonds. The number of hydrogen-bond acceptors (Lipinski definition) is 3. The van der Waals surface area contributed by atoms with Gasteiger partial charge < -0.3 is 5.32 Å². The zero-order valence-corrected chi connectivity index (χ0v) is 8.99. The topological polar surface area (TPSA) is 35.5 Å². The number of hydroxylamine groups is 2. The SMILES string of the molecule is C=CC1=C(/C=C\C)N(O)C(C)C(C)N1. The number of hydrogen-bond donors (Lipinski definition) is 2. The van der Waals surface area contributed by atoms with Crippen LogP contribution in [0.25, 0.3) is 0 Å². The molecule has 3 nitrogen and oxygen atoms in total. The van der Waals surface area contributed by atoms with E-state index in [-0.39, 0.29) is 12.1 Å². The van der Waals surface area contributed by atoms with Gasteiger partial charge in [0.05, 0.1) is 17.4 Å². The maximum atomic E-state index is 9.88. The highest BCUT2D eigenvalue weighted by molar-refractivity contribution is 5.32. The van der Waals surface area contributed by atoms with Gasteiger partial charge in [0, 0.05) is 6.04 Å². The van der Waals surface area contributed by atoms with E-state index in [1.54, 1.807) is 6.08 Å². The van der Waals surface area contributed by atoms with Gasteiger partial charge in [0.25, 0.3) is 0 Å². The standard InChI is InChI=1S/C11H18N2O/c1-5-7-11-10(6-2)12-8(3)9(4)13(11)14/h5-9,12,14H,2H2,1,3-4H3/b7-5-. The molecule has 0 radical (unpaired) electrons. The number of allylic oxidation sites excluding steroid dienone is 3. The monoisotopic (exact) mass is 194 g/mol. The Hall–Kier alpha value is -1.22. The van der Waals surface area contributed by atoms with Crippen molar-refractivity contribution < 1.29 is 5.21 Å². The molecular formula is C11H18N2O. The summed E-state index contributed by atoms with van der Waals surface area (Å²) < 4.78 is 0. The van der Waals surface area contributed by atoms with Gasteiger partial charge in [0.2, 0.25) is 0 Å². The molecule has 0 aromatic rings. The van der Waals surface area contributed by atoms with Crippen LogP contribution in [0.2, 0.25) is 0 Å². The van der Waals surface area contributed by atoms with Gasteiger partial charge in [-0.1, -0.05) is 12.7 Å². The van der Waals surface area contributed by atoms with Crippen LogP contribution in [0.5, 0.6) is 0 Å². The predicted molar refractivity (Wildman–Crippen MR) is 57.7 cm³/mol. The van der Waals surface area contributed by atoms with Crippen molar-refractivity contribution in [3.63, 3.8) is 0 Å². The summed E-state index contributed by atoms with van der Waals surface area (Å²) in [6.45, 7) is 9.64. The van der Waals surface area contributed by atoms with Gasteiger partial charge in [0.15, 0.2) is 0 Å². The lowest BCUT2D eigenvalue weighted by Crippen LogP contribution is -2.49. The Kier molecular flexibility index (Phi) is 3.36. The van der Waals surface area contributed by atoms with Gasteiger partial charge in [-0.3, -0.25) is 10.3 Å². The van der Waals surface area contributed by atoms with Crippen molar-refractivity contribution in [2.75, 3.05) is 0 Å². The molecule has 1 rings (SSSR count). The van der Waals surface area contributed by atoms with E-state index in [1.165, 1.54) is 5.06 Å². The van der Waals surface area contributed by atoms with E-state index in [0.29, 0.717) is 0 Å². The first-order valence-corrected chi connectivity index (χ1v) is 4.85. The average molecular weight is 194 g/mol. The molecule has 78 valence electrons. The van der Waals surface area contributed by atoms with Crippen LogP contribution in [0, 0.1) is 0 Å². The lowest BCUT2D eigenvalue weighted by molar-refractivity contribution is -0.0984. The van der Waals surface area contributed by atoms with E-state index in [4.69, 9.17) is 0 Å². The summed E-state index contributed by atoms with van der Waals surface area (Å²) in [5, 5.41) is 14.5. The van der Waals surface area contributed by atoms with E-state index < -0.39 is 0 Å². The molecule has 0 saturated carbocycles. The van der Waals surface area contributed by atoms with E-state index in [2.05, 4.69) is 11.9 Å². The lowest BCUT2D eigenvalue weighted by atomic mass is 10.1. The Morgan fingerprint density at radius 3 is 2.64 bits per heavy atom. The Bertz CT molecular complexity index is 281. The van der Waals surface area contributed by atoms with E-state index in [0.717, 1.165) is 11.4 Å². The number of nitrogens with one attached hydrogen (secondary N) is 1. The lowest BCUT2D eigenvalue weighted by Gasteiger charge is -2.37. The molecule has 0 saturated heterocycles. The van der Waals surface area contributed by atoms with Gasteiger partial charge in [-0.2, -0.15) is 0 Å². The summed E-state index contributed by atoms with van der Waals surface area (Å²) in [6, 6.07) is 0.270. The molecule has 3 heteroatoms. The smallest absolute Gasteiger partial charge is 0.0866 e. The van der Waals surface area contributed by atoms with Crippen LogP contribution < -0.4 is 5.32 Å². The van der Waals surface area contributed by atoms with Crippen LogP contribution in [0.4, 0.5) is 0 Å². The third-order valence-electron chi connectivity index (χ3n) is 2.54. The van der Waals surface area contributed by atoms with Crippen LogP contribution in [-0.4, -0.2) is 22.4 Å². The molecule has 2 N–H and O–H groups in total. The molecule has 0 aromatic carbocycles. The van der Waals surface area contributed by atoms with Gasteiger partial charge in [0.1, 0.15) is 0 Å². The fourth-order valence-corrected chi connectivity index (χ4v) is 1.48. The highest BCUT2D eigenvalue weighted by Gasteiger charge is 2.26. The summed E-state index contributed by atoms with van der Waals surface area (Å²) in [5.74, 6) is 0. The van der Waals surface area contributed by atoms with E-state index in [9.17, 15) is 5.21 Å². The van der Waals surface area contributed by atoms with Crippen LogP contribution in [0.3, 0.4) is 0 Å². The van der Waals surface area contributed by atoms with Crippen LogP contribution in [-0.2, 0) is 0 Å². The van der Waals surface area contributed by atoms with Crippen LogP contribution in [0.1, 0.15) is 20.8 Å². The Morgan fingerprint density at radius 2 is 2.14 bits per heavy atom. The van der Waals surface area contributed by atoms with Crippen molar-refractivity contribution in [2.45, 2.75) is 32.9 Å². The van der Waals surface area contributed by atoms with Crippen molar-refractivity contribution in [3.05, 3.63) is 36.2 Å². The average Bonchev–Trinajstić information content (AvgIpc) is 2.19. The largest absolute Gasteiger partial charge is 0.379 e. The van der Waals surface area contributed by atoms with Crippen molar-refractivity contribution in [1.82, 2.24) is 10.4 Å². The maximum Gasteiger partial charge on any atom is 0.0866 e. The summed E-state index contributed by atoms with van der Waals surface area (Å²) in [6.07, 6.45) is 5.49. The maximum absolute atomic E-state index is 9.88. The van der Waals surface area contributed by atoms with Gasteiger partial charge in [-0.15, -0.1) is 0 Å². The molecule has 0 spiro atoms. The van der Waals surface area contributed by atoms with E-state index >= 15 is 0 Å². The molecule has 0 fully saturated rings. The highest BCUT2D eigenvalue weighted by Crippen LogP contribution is 2.20.